The van der Waals surface area contributed by atoms with Gasteiger partial charge in [-0.1, -0.05) is 200 Å². The van der Waals surface area contributed by atoms with Crippen LogP contribution in [0.3, 0.4) is 0 Å². The molecule has 0 atom stereocenters. The molecule has 0 aliphatic rings. The van der Waals surface area contributed by atoms with E-state index >= 15 is 0 Å². The Bertz CT molecular complexity index is 3330. The van der Waals surface area contributed by atoms with Gasteiger partial charge in [0.05, 0.1) is 0 Å². The van der Waals surface area contributed by atoms with Crippen molar-refractivity contribution >= 4 is 49.4 Å². The van der Waals surface area contributed by atoms with Gasteiger partial charge in [0.2, 0.25) is 0 Å². The highest BCUT2D eigenvalue weighted by molar-refractivity contribution is 6.14. The van der Waals surface area contributed by atoms with Crippen LogP contribution < -0.4 is 4.90 Å². The first-order chi connectivity index (χ1) is 30.2. The van der Waals surface area contributed by atoms with E-state index in [0.717, 1.165) is 17.1 Å². The number of anilines is 3. The molecule has 0 aliphatic carbocycles. The van der Waals surface area contributed by atoms with Crippen molar-refractivity contribution in [1.82, 2.24) is 0 Å². The summed E-state index contributed by atoms with van der Waals surface area (Å²) < 4.78 is 0. The number of hydrogen-bond acceptors (Lipinski definition) is 1. The highest BCUT2D eigenvalue weighted by atomic mass is 15.1. The summed E-state index contributed by atoms with van der Waals surface area (Å²) in [5.41, 5.74) is 15.3. The second-order valence-corrected chi connectivity index (χ2v) is 15.7. The third-order valence-corrected chi connectivity index (χ3v) is 12.0. The van der Waals surface area contributed by atoms with Crippen molar-refractivity contribution < 1.29 is 0 Å². The van der Waals surface area contributed by atoms with Crippen molar-refractivity contribution in [3.05, 3.63) is 249 Å². The first kappa shape index (κ1) is 36.1. The summed E-state index contributed by atoms with van der Waals surface area (Å²) in [4.78, 5) is 2.39. The smallest absolute Gasteiger partial charge is 0.0467 e. The van der Waals surface area contributed by atoms with E-state index in [9.17, 15) is 0 Å². The van der Waals surface area contributed by atoms with E-state index in [1.807, 2.05) is 0 Å². The van der Waals surface area contributed by atoms with Crippen LogP contribution in [0.15, 0.2) is 249 Å². The molecule has 11 rings (SSSR count). The number of hydrogen-bond donors (Lipinski definition) is 0. The zero-order valence-electron chi connectivity index (χ0n) is 33.6. The molecular formula is C60H41N. The topological polar surface area (TPSA) is 3.24 Å². The second kappa shape index (κ2) is 15.6. The van der Waals surface area contributed by atoms with Gasteiger partial charge < -0.3 is 4.90 Å². The van der Waals surface area contributed by atoms with Crippen LogP contribution in [0.1, 0.15) is 0 Å². The van der Waals surface area contributed by atoms with Gasteiger partial charge in [0, 0.05) is 17.1 Å². The molecule has 11 aromatic carbocycles. The molecule has 0 radical (unpaired) electrons. The zero-order chi connectivity index (χ0) is 40.5. The minimum absolute atomic E-state index is 1.09. The van der Waals surface area contributed by atoms with Crippen LogP contribution in [0.2, 0.25) is 0 Å². The normalized spacial score (nSPS) is 11.3. The molecule has 11 aromatic rings. The summed E-state index contributed by atoms with van der Waals surface area (Å²) in [7, 11) is 0. The van der Waals surface area contributed by atoms with E-state index in [0.29, 0.717) is 0 Å². The van der Waals surface area contributed by atoms with Gasteiger partial charge in [-0.2, -0.15) is 0 Å². The lowest BCUT2D eigenvalue weighted by atomic mass is 9.89. The maximum absolute atomic E-state index is 2.39. The fourth-order valence-corrected chi connectivity index (χ4v) is 9.08. The lowest BCUT2D eigenvalue weighted by Crippen LogP contribution is -2.10. The SMILES string of the molecule is c1ccc(-c2cccc(-c3ccc(N(c4ccc(-c5c(-c6ccccc6)ccc6ccccc56)cc4)c4cccc(-c5cc6ccccc6c6ccccc56)c4)cc3)c2)cc1. The monoisotopic (exact) mass is 775 g/mol. The van der Waals surface area contributed by atoms with Gasteiger partial charge in [-0.15, -0.1) is 0 Å². The molecule has 0 N–H and O–H groups in total. The van der Waals surface area contributed by atoms with E-state index < -0.39 is 0 Å². The van der Waals surface area contributed by atoms with E-state index in [1.165, 1.54) is 88.0 Å². The average Bonchev–Trinajstić information content (AvgIpc) is 3.34. The lowest BCUT2D eigenvalue weighted by Gasteiger charge is -2.27. The van der Waals surface area contributed by atoms with Crippen LogP contribution >= 0.6 is 0 Å². The van der Waals surface area contributed by atoms with Gasteiger partial charge in [-0.25, -0.2) is 0 Å². The Kier molecular flexibility index (Phi) is 9.26. The maximum atomic E-state index is 2.39. The Morgan fingerprint density at radius 2 is 0.721 bits per heavy atom. The average molecular weight is 776 g/mol. The van der Waals surface area contributed by atoms with E-state index in [-0.39, 0.29) is 0 Å². The fraction of sp³-hybridized carbons (Fsp3) is 0. The van der Waals surface area contributed by atoms with Crippen molar-refractivity contribution in [3.8, 4) is 55.6 Å². The maximum Gasteiger partial charge on any atom is 0.0467 e. The first-order valence-corrected chi connectivity index (χ1v) is 21.0. The summed E-state index contributed by atoms with van der Waals surface area (Å²) in [6.07, 6.45) is 0. The van der Waals surface area contributed by atoms with Gasteiger partial charge >= 0.3 is 0 Å². The quantitative estimate of drug-likeness (QED) is 0.139. The van der Waals surface area contributed by atoms with Crippen molar-refractivity contribution in [3.63, 3.8) is 0 Å². The van der Waals surface area contributed by atoms with E-state index in [1.54, 1.807) is 0 Å². The van der Waals surface area contributed by atoms with E-state index in [2.05, 4.69) is 254 Å². The second-order valence-electron chi connectivity index (χ2n) is 15.7. The number of benzene rings is 11. The molecule has 0 bridgehead atoms. The van der Waals surface area contributed by atoms with Crippen LogP contribution in [-0.4, -0.2) is 0 Å². The molecule has 286 valence electrons. The minimum atomic E-state index is 1.09. The molecule has 0 unspecified atom stereocenters. The molecule has 1 heteroatoms. The molecular weight excluding hydrogens is 735 g/mol. The summed E-state index contributed by atoms with van der Waals surface area (Å²) in [5, 5.41) is 7.51. The molecule has 0 saturated carbocycles. The Balaban J connectivity index is 1.04. The minimum Gasteiger partial charge on any atom is -0.310 e. The Morgan fingerprint density at radius 3 is 1.43 bits per heavy atom. The molecule has 0 saturated heterocycles. The van der Waals surface area contributed by atoms with Gasteiger partial charge in [-0.05, 0) is 136 Å². The van der Waals surface area contributed by atoms with Crippen molar-refractivity contribution in [2.75, 3.05) is 4.90 Å². The van der Waals surface area contributed by atoms with Gasteiger partial charge in [-0.3, -0.25) is 0 Å². The lowest BCUT2D eigenvalue weighted by molar-refractivity contribution is 1.28. The van der Waals surface area contributed by atoms with E-state index in [4.69, 9.17) is 0 Å². The van der Waals surface area contributed by atoms with Crippen molar-refractivity contribution in [2.45, 2.75) is 0 Å². The largest absolute Gasteiger partial charge is 0.310 e. The molecule has 0 aromatic heterocycles. The summed E-state index contributed by atoms with van der Waals surface area (Å²) in [5.74, 6) is 0. The van der Waals surface area contributed by atoms with Crippen LogP contribution in [0.25, 0.3) is 88.0 Å². The highest BCUT2D eigenvalue weighted by Gasteiger charge is 2.18. The standard InChI is InChI=1S/C60H41N/c1-3-15-42(16-4-1)47-21-13-22-48(39-47)43-29-34-51(35-30-43)61(53-24-14-23-49(40-53)59-41-50-20-8-9-25-54(50)57-27-11-12-28-58(57)59)52-36-31-46(32-37-52)60-55-26-10-7-19-45(55)33-38-56(60)44-17-5-2-6-18-44/h1-41H. The Morgan fingerprint density at radius 1 is 0.213 bits per heavy atom. The Labute approximate surface area is 357 Å². The van der Waals surface area contributed by atoms with Crippen molar-refractivity contribution in [2.24, 2.45) is 0 Å². The van der Waals surface area contributed by atoms with Gasteiger partial charge in [0.25, 0.3) is 0 Å². The van der Waals surface area contributed by atoms with Gasteiger partial charge in [0.1, 0.15) is 0 Å². The molecule has 1 nitrogen and oxygen atoms in total. The highest BCUT2D eigenvalue weighted by Crippen LogP contribution is 2.43. The molecule has 0 aliphatic heterocycles. The zero-order valence-corrected chi connectivity index (χ0v) is 33.6. The molecule has 0 fully saturated rings. The third kappa shape index (κ3) is 6.83. The fourth-order valence-electron chi connectivity index (χ4n) is 9.08. The number of nitrogens with zero attached hydrogens (tertiary/aromatic N) is 1. The van der Waals surface area contributed by atoms with Crippen LogP contribution in [0.4, 0.5) is 17.1 Å². The van der Waals surface area contributed by atoms with Crippen molar-refractivity contribution in [1.29, 1.82) is 0 Å². The van der Waals surface area contributed by atoms with Crippen LogP contribution in [-0.2, 0) is 0 Å². The summed E-state index contributed by atoms with van der Waals surface area (Å²) in [6.45, 7) is 0. The molecule has 61 heavy (non-hydrogen) atoms. The number of fused-ring (bicyclic) bond motifs is 4. The molecule has 0 heterocycles. The summed E-state index contributed by atoms with van der Waals surface area (Å²) >= 11 is 0. The van der Waals surface area contributed by atoms with Crippen LogP contribution in [0.5, 0.6) is 0 Å². The number of rotatable bonds is 8. The predicted molar refractivity (Wildman–Crippen MR) is 261 cm³/mol. The van der Waals surface area contributed by atoms with Gasteiger partial charge in [0.15, 0.2) is 0 Å². The first-order valence-electron chi connectivity index (χ1n) is 21.0. The summed E-state index contributed by atoms with van der Waals surface area (Å²) in [6, 6.07) is 90.4. The third-order valence-electron chi connectivity index (χ3n) is 12.0. The molecule has 0 amide bonds. The molecule has 0 spiro atoms. The van der Waals surface area contributed by atoms with Crippen LogP contribution in [0, 0.1) is 0 Å². The predicted octanol–water partition coefficient (Wildman–Crippen LogP) is 17.0. The Hall–Kier alpha value is -8.00.